The van der Waals surface area contributed by atoms with Crippen LogP contribution >= 0.6 is 0 Å². The van der Waals surface area contributed by atoms with Gasteiger partial charge in [-0.2, -0.15) is 0 Å². The van der Waals surface area contributed by atoms with E-state index in [0.29, 0.717) is 19.0 Å². The zero-order valence-electron chi connectivity index (χ0n) is 20.6. The molecule has 0 aromatic carbocycles. The quantitative estimate of drug-likeness (QED) is 0.381. The molecule has 1 saturated heterocycles. The first-order valence-electron chi connectivity index (χ1n) is 12.4. The summed E-state index contributed by atoms with van der Waals surface area (Å²) in [6.07, 6.45) is 5.19. The van der Waals surface area contributed by atoms with Gasteiger partial charge in [-0.25, -0.2) is 4.99 Å². The van der Waals surface area contributed by atoms with Gasteiger partial charge in [-0.3, -0.25) is 4.99 Å². The fourth-order valence-electron chi connectivity index (χ4n) is 4.37. The van der Waals surface area contributed by atoms with Crippen LogP contribution in [-0.2, 0) is 0 Å². The minimum Gasteiger partial charge on any atom is -0.389 e. The lowest BCUT2D eigenvalue weighted by molar-refractivity contribution is 0.0455. The van der Waals surface area contributed by atoms with E-state index in [4.69, 9.17) is 9.98 Å². The molecule has 172 valence electrons. The van der Waals surface area contributed by atoms with Gasteiger partial charge in [0, 0.05) is 39.1 Å². The molecule has 0 aromatic rings. The van der Waals surface area contributed by atoms with Gasteiger partial charge in [-0.1, -0.05) is 41.5 Å². The fraction of sp³-hybridized carbons (Fsp3) is 0.840. The third kappa shape index (κ3) is 6.57. The molecule has 1 heterocycles. The Morgan fingerprint density at radius 3 is 2.13 bits per heavy atom. The summed E-state index contributed by atoms with van der Waals surface area (Å²) in [5.74, 6) is 4.48. The smallest absolute Gasteiger partial charge is 0.149 e. The lowest BCUT2D eigenvalue weighted by atomic mass is 10.1. The number of β-amino-alcohol motifs (C(OH)–C–C–N with tert-alkyl or cyclic N) is 1. The minimum absolute atomic E-state index is 0.215. The van der Waals surface area contributed by atoms with Gasteiger partial charge in [0.1, 0.15) is 17.4 Å². The average molecular weight is 419 g/mol. The number of nitrogens with zero attached hydrogens (tertiary/aromatic N) is 4. The number of allylic oxidation sites excluding steroid dienone is 1. The Balaban J connectivity index is 2.40. The highest BCUT2D eigenvalue weighted by Crippen LogP contribution is 2.43. The fourth-order valence-corrected chi connectivity index (χ4v) is 4.37. The predicted molar refractivity (Wildman–Crippen MR) is 129 cm³/mol. The van der Waals surface area contributed by atoms with Crippen molar-refractivity contribution in [3.05, 3.63) is 11.3 Å². The monoisotopic (exact) mass is 418 g/mol. The van der Waals surface area contributed by atoms with Crippen LogP contribution in [0, 0.1) is 17.8 Å². The Bertz CT molecular complexity index is 627. The minimum atomic E-state index is -0.215. The van der Waals surface area contributed by atoms with Crippen molar-refractivity contribution in [2.75, 3.05) is 32.7 Å². The number of amidine groups is 2. The zero-order valence-corrected chi connectivity index (χ0v) is 20.6. The molecule has 1 saturated carbocycles. The van der Waals surface area contributed by atoms with Crippen LogP contribution in [0.4, 0.5) is 0 Å². The van der Waals surface area contributed by atoms with E-state index >= 15 is 0 Å². The van der Waals surface area contributed by atoms with Gasteiger partial charge >= 0.3 is 0 Å². The molecule has 0 radical (unpaired) electrons. The van der Waals surface area contributed by atoms with Crippen molar-refractivity contribution in [1.82, 2.24) is 9.80 Å². The summed E-state index contributed by atoms with van der Waals surface area (Å²) in [5.41, 5.74) is 2.36. The van der Waals surface area contributed by atoms with E-state index in [1.165, 1.54) is 12.0 Å². The van der Waals surface area contributed by atoms with E-state index in [-0.39, 0.29) is 6.10 Å². The lowest BCUT2D eigenvalue weighted by Gasteiger charge is -2.38. The third-order valence-corrected chi connectivity index (χ3v) is 6.65. The number of aliphatic hydroxyl groups is 1. The van der Waals surface area contributed by atoms with Crippen LogP contribution in [-0.4, -0.2) is 65.4 Å². The largest absolute Gasteiger partial charge is 0.389 e. The van der Waals surface area contributed by atoms with E-state index in [1.807, 2.05) is 0 Å². The van der Waals surface area contributed by atoms with Crippen LogP contribution in [0.3, 0.4) is 0 Å². The van der Waals surface area contributed by atoms with Crippen molar-refractivity contribution in [3.8, 4) is 0 Å². The average Bonchev–Trinajstić information content (AvgIpc) is 3.44. The van der Waals surface area contributed by atoms with E-state index in [2.05, 4.69) is 58.3 Å². The summed E-state index contributed by atoms with van der Waals surface area (Å²) in [5, 5.41) is 9.77. The van der Waals surface area contributed by atoms with Gasteiger partial charge in [0.05, 0.1) is 6.10 Å². The Kier molecular flexibility index (Phi) is 9.86. The molecule has 5 heteroatoms. The van der Waals surface area contributed by atoms with Crippen molar-refractivity contribution < 1.29 is 5.11 Å². The Morgan fingerprint density at radius 2 is 1.70 bits per heavy atom. The topological polar surface area (TPSA) is 51.4 Å². The van der Waals surface area contributed by atoms with Gasteiger partial charge in [-0.05, 0) is 55.9 Å². The first-order valence-corrected chi connectivity index (χ1v) is 12.4. The molecule has 2 aliphatic rings. The maximum absolute atomic E-state index is 9.77. The molecule has 0 bridgehead atoms. The SMILES string of the molecule is CCCN(CCC)C(=NCC(C)C1CC1C)/C(N=C(CC)N1CC(O)C1)=C(\C)CC. The van der Waals surface area contributed by atoms with Crippen molar-refractivity contribution in [3.63, 3.8) is 0 Å². The summed E-state index contributed by atoms with van der Waals surface area (Å²) < 4.78 is 0. The Morgan fingerprint density at radius 1 is 1.10 bits per heavy atom. The van der Waals surface area contributed by atoms with E-state index < -0.39 is 0 Å². The third-order valence-electron chi connectivity index (χ3n) is 6.65. The van der Waals surface area contributed by atoms with Crippen LogP contribution in [0.2, 0.25) is 0 Å². The highest BCUT2D eigenvalue weighted by atomic mass is 16.3. The molecule has 0 amide bonds. The van der Waals surface area contributed by atoms with Crippen molar-refractivity contribution in [2.45, 2.75) is 86.7 Å². The number of hydrogen-bond acceptors (Lipinski definition) is 3. The molecule has 1 N–H and O–H groups in total. The summed E-state index contributed by atoms with van der Waals surface area (Å²) in [7, 11) is 0. The highest BCUT2D eigenvalue weighted by molar-refractivity contribution is 6.01. The summed E-state index contributed by atoms with van der Waals surface area (Å²) in [6, 6.07) is 0. The maximum Gasteiger partial charge on any atom is 0.149 e. The van der Waals surface area contributed by atoms with Gasteiger partial charge in [0.15, 0.2) is 0 Å². The second kappa shape index (κ2) is 11.9. The molecule has 1 aliphatic heterocycles. The summed E-state index contributed by atoms with van der Waals surface area (Å²) >= 11 is 0. The molecular weight excluding hydrogens is 372 g/mol. The molecular formula is C25H46N4O. The summed E-state index contributed by atoms with van der Waals surface area (Å²) in [4.78, 5) is 15.1. The van der Waals surface area contributed by atoms with E-state index in [0.717, 1.165) is 74.5 Å². The molecule has 5 nitrogen and oxygen atoms in total. The second-order valence-electron chi connectivity index (χ2n) is 9.43. The first kappa shape index (κ1) is 24.9. The number of likely N-dealkylation sites (tertiary alicyclic amines) is 1. The van der Waals surface area contributed by atoms with Gasteiger partial charge in [0.25, 0.3) is 0 Å². The molecule has 0 aromatic heterocycles. The Hall–Kier alpha value is -1.36. The molecule has 3 unspecified atom stereocenters. The molecule has 1 aliphatic carbocycles. The predicted octanol–water partition coefficient (Wildman–Crippen LogP) is 4.97. The molecule has 30 heavy (non-hydrogen) atoms. The van der Waals surface area contributed by atoms with Crippen LogP contribution < -0.4 is 0 Å². The van der Waals surface area contributed by atoms with Crippen LogP contribution in [0.1, 0.15) is 80.6 Å². The standard InChI is InChI=1S/C25H46N4O/c1-8-12-28(13-9-2)25(26-15-20(7)22-14-19(22)6)24(18(5)10-3)27-23(11-4)29-16-21(30)17-29/h19-22,30H,8-17H2,1-7H3/b24-18-,26-25?,27-23?. The van der Waals surface area contributed by atoms with E-state index in [9.17, 15) is 5.11 Å². The summed E-state index contributed by atoms with van der Waals surface area (Å²) in [6.45, 7) is 20.1. The van der Waals surface area contributed by atoms with E-state index in [1.54, 1.807) is 0 Å². The van der Waals surface area contributed by atoms with Crippen LogP contribution in [0.5, 0.6) is 0 Å². The van der Waals surface area contributed by atoms with Gasteiger partial charge in [0.2, 0.25) is 0 Å². The highest BCUT2D eigenvalue weighted by Gasteiger charge is 2.37. The molecule has 2 rings (SSSR count). The first-order chi connectivity index (χ1) is 14.4. The Labute approximate surface area is 185 Å². The van der Waals surface area contributed by atoms with Crippen LogP contribution in [0.25, 0.3) is 0 Å². The van der Waals surface area contributed by atoms with Crippen molar-refractivity contribution >= 4 is 11.7 Å². The number of rotatable bonds is 11. The zero-order chi connectivity index (χ0) is 22.3. The second-order valence-corrected chi connectivity index (χ2v) is 9.43. The number of aliphatic hydroxyl groups excluding tert-OH is 1. The van der Waals surface area contributed by atoms with Crippen LogP contribution in [0.15, 0.2) is 21.3 Å². The van der Waals surface area contributed by atoms with Gasteiger partial charge < -0.3 is 14.9 Å². The molecule has 3 atom stereocenters. The van der Waals surface area contributed by atoms with Crippen molar-refractivity contribution in [2.24, 2.45) is 27.7 Å². The number of aliphatic imine (C=N–C) groups is 2. The molecule has 2 fully saturated rings. The lowest BCUT2D eigenvalue weighted by Crippen LogP contribution is -2.53. The normalized spacial score (nSPS) is 24.5. The maximum atomic E-state index is 9.77. The number of hydrogen-bond donors (Lipinski definition) is 1. The van der Waals surface area contributed by atoms with Gasteiger partial charge in [-0.15, -0.1) is 0 Å². The molecule has 0 spiro atoms. The van der Waals surface area contributed by atoms with Crippen molar-refractivity contribution in [1.29, 1.82) is 0 Å².